The summed E-state index contributed by atoms with van der Waals surface area (Å²) in [7, 11) is 0. The molecule has 1 heterocycles. The number of carboxylic acids is 1. The molecule has 0 atom stereocenters. The quantitative estimate of drug-likeness (QED) is 0.709. The Morgan fingerprint density at radius 1 is 1.42 bits per heavy atom. The first kappa shape index (κ1) is 7.21. The number of aromatic carboxylic acids is 1. The number of carboxylic acid groups (broad SMARTS) is 1. The van der Waals surface area contributed by atoms with Gasteiger partial charge in [0.1, 0.15) is 0 Å². The topological polar surface area (TPSA) is 63.1 Å². The van der Waals surface area contributed by atoms with Crippen LogP contribution in [0.3, 0.4) is 0 Å². The second-order valence-corrected chi connectivity index (χ2v) is 2.94. The lowest BCUT2D eigenvalue weighted by Crippen LogP contribution is -2.03. The first-order valence-corrected chi connectivity index (χ1v) is 3.83. The van der Waals surface area contributed by atoms with E-state index in [1.807, 2.05) is 0 Å². The second kappa shape index (κ2) is 2.55. The van der Waals surface area contributed by atoms with Gasteiger partial charge in [-0.05, 0) is 24.3 Å². The van der Waals surface area contributed by atoms with Crippen molar-refractivity contribution in [2.24, 2.45) is 0 Å². The summed E-state index contributed by atoms with van der Waals surface area (Å²) in [6.07, 6.45) is 5.02. The molecule has 0 radical (unpaired) electrons. The zero-order valence-corrected chi connectivity index (χ0v) is 6.40. The Morgan fingerprint density at radius 2 is 2.08 bits per heavy atom. The van der Waals surface area contributed by atoms with Crippen LogP contribution in [0.4, 0.5) is 0 Å². The summed E-state index contributed by atoms with van der Waals surface area (Å²) >= 11 is 0. The summed E-state index contributed by atoms with van der Waals surface area (Å²) in [5.74, 6) is -0.501. The average Bonchev–Trinajstić information content (AvgIpc) is 2.87. The molecule has 0 saturated heterocycles. The van der Waals surface area contributed by atoms with Crippen LogP contribution in [-0.4, -0.2) is 21.3 Å². The lowest BCUT2D eigenvalue weighted by molar-refractivity contribution is 0.0695. The molecular formula is C8H8N2O2. The van der Waals surface area contributed by atoms with E-state index in [1.165, 1.54) is 6.20 Å². The van der Waals surface area contributed by atoms with Crippen molar-refractivity contribution in [3.05, 3.63) is 23.5 Å². The monoisotopic (exact) mass is 164 g/mol. The van der Waals surface area contributed by atoms with E-state index in [1.54, 1.807) is 6.20 Å². The van der Waals surface area contributed by atoms with E-state index < -0.39 is 5.97 Å². The standard InChI is InChI=1S/C8H8N2O2/c11-8(12)7-4-10-9-3-6(7)5-1-2-5/h3-5H,1-2H2,(H,11,12). The number of hydrogen-bond donors (Lipinski definition) is 1. The van der Waals surface area contributed by atoms with Crippen LogP contribution < -0.4 is 0 Å². The maximum absolute atomic E-state index is 10.7. The molecule has 1 aromatic rings. The van der Waals surface area contributed by atoms with E-state index in [2.05, 4.69) is 10.2 Å². The molecular weight excluding hydrogens is 156 g/mol. The highest BCUT2D eigenvalue weighted by molar-refractivity contribution is 5.89. The summed E-state index contributed by atoms with van der Waals surface area (Å²) < 4.78 is 0. The molecule has 1 saturated carbocycles. The molecule has 0 spiro atoms. The van der Waals surface area contributed by atoms with E-state index >= 15 is 0 Å². The normalized spacial score (nSPS) is 16.0. The Hall–Kier alpha value is -1.45. The van der Waals surface area contributed by atoms with E-state index in [0.29, 0.717) is 11.5 Å². The molecule has 2 rings (SSSR count). The summed E-state index contributed by atoms with van der Waals surface area (Å²) in [6, 6.07) is 0. The molecule has 0 aliphatic heterocycles. The van der Waals surface area contributed by atoms with Crippen molar-refractivity contribution in [1.82, 2.24) is 10.2 Å². The predicted octanol–water partition coefficient (Wildman–Crippen LogP) is 1.05. The van der Waals surface area contributed by atoms with Gasteiger partial charge < -0.3 is 5.11 Å². The highest BCUT2D eigenvalue weighted by Gasteiger charge is 2.28. The van der Waals surface area contributed by atoms with Gasteiger partial charge in [-0.15, -0.1) is 0 Å². The fourth-order valence-electron chi connectivity index (χ4n) is 1.23. The third-order valence-electron chi connectivity index (χ3n) is 2.01. The Morgan fingerprint density at radius 3 is 2.67 bits per heavy atom. The molecule has 0 bridgehead atoms. The number of nitrogens with zero attached hydrogens (tertiary/aromatic N) is 2. The van der Waals surface area contributed by atoms with Crippen molar-refractivity contribution < 1.29 is 9.90 Å². The Labute approximate surface area is 69.2 Å². The first-order chi connectivity index (χ1) is 5.79. The molecule has 62 valence electrons. The van der Waals surface area contributed by atoms with Gasteiger partial charge in [-0.1, -0.05) is 0 Å². The predicted molar refractivity (Wildman–Crippen MR) is 41.0 cm³/mol. The van der Waals surface area contributed by atoms with Gasteiger partial charge in [0.25, 0.3) is 0 Å². The number of hydrogen-bond acceptors (Lipinski definition) is 3. The third-order valence-corrected chi connectivity index (χ3v) is 2.01. The van der Waals surface area contributed by atoms with E-state index in [0.717, 1.165) is 18.4 Å². The summed E-state index contributed by atoms with van der Waals surface area (Å²) in [6.45, 7) is 0. The van der Waals surface area contributed by atoms with Crippen LogP contribution in [0.1, 0.15) is 34.7 Å². The fourth-order valence-corrected chi connectivity index (χ4v) is 1.23. The second-order valence-electron chi connectivity index (χ2n) is 2.94. The minimum absolute atomic E-state index is 0.299. The average molecular weight is 164 g/mol. The van der Waals surface area contributed by atoms with Gasteiger partial charge in [0.2, 0.25) is 0 Å². The van der Waals surface area contributed by atoms with Gasteiger partial charge in [-0.25, -0.2) is 4.79 Å². The maximum atomic E-state index is 10.7. The minimum atomic E-state index is -0.910. The summed E-state index contributed by atoms with van der Waals surface area (Å²) in [4.78, 5) is 10.7. The maximum Gasteiger partial charge on any atom is 0.337 e. The molecule has 4 nitrogen and oxygen atoms in total. The Kier molecular flexibility index (Phi) is 1.53. The van der Waals surface area contributed by atoms with Crippen molar-refractivity contribution in [3.63, 3.8) is 0 Å². The molecule has 0 unspecified atom stereocenters. The number of carbonyl (C=O) groups is 1. The van der Waals surface area contributed by atoms with E-state index in [9.17, 15) is 4.79 Å². The van der Waals surface area contributed by atoms with Gasteiger partial charge in [0, 0.05) is 0 Å². The van der Waals surface area contributed by atoms with E-state index in [4.69, 9.17) is 5.11 Å². The van der Waals surface area contributed by atoms with Gasteiger partial charge in [0.05, 0.1) is 18.0 Å². The smallest absolute Gasteiger partial charge is 0.337 e. The zero-order chi connectivity index (χ0) is 8.55. The molecule has 1 N–H and O–H groups in total. The van der Waals surface area contributed by atoms with Crippen molar-refractivity contribution in [2.45, 2.75) is 18.8 Å². The minimum Gasteiger partial charge on any atom is -0.478 e. The summed E-state index contributed by atoms with van der Waals surface area (Å²) in [5, 5.41) is 16.0. The zero-order valence-electron chi connectivity index (χ0n) is 6.40. The SMILES string of the molecule is O=C(O)c1cnncc1C1CC1. The van der Waals surface area contributed by atoms with Crippen LogP contribution in [0, 0.1) is 0 Å². The molecule has 1 aromatic heterocycles. The highest BCUT2D eigenvalue weighted by atomic mass is 16.4. The van der Waals surface area contributed by atoms with Gasteiger partial charge in [-0.3, -0.25) is 0 Å². The van der Waals surface area contributed by atoms with Crippen LogP contribution in [0.25, 0.3) is 0 Å². The fraction of sp³-hybridized carbons (Fsp3) is 0.375. The molecule has 12 heavy (non-hydrogen) atoms. The molecule has 1 aliphatic rings. The third kappa shape index (κ3) is 1.15. The van der Waals surface area contributed by atoms with Crippen LogP contribution in [0.5, 0.6) is 0 Å². The van der Waals surface area contributed by atoms with Crippen molar-refractivity contribution in [1.29, 1.82) is 0 Å². The molecule has 0 aromatic carbocycles. The van der Waals surface area contributed by atoms with Crippen molar-refractivity contribution >= 4 is 5.97 Å². The molecule has 1 aliphatic carbocycles. The Bertz CT molecular complexity index is 321. The highest BCUT2D eigenvalue weighted by Crippen LogP contribution is 2.40. The van der Waals surface area contributed by atoms with Gasteiger partial charge in [-0.2, -0.15) is 10.2 Å². The van der Waals surface area contributed by atoms with Gasteiger partial charge in [0.15, 0.2) is 0 Å². The lowest BCUT2D eigenvalue weighted by Gasteiger charge is -2.00. The molecule has 4 heteroatoms. The van der Waals surface area contributed by atoms with Crippen LogP contribution >= 0.6 is 0 Å². The largest absolute Gasteiger partial charge is 0.478 e. The van der Waals surface area contributed by atoms with Gasteiger partial charge >= 0.3 is 5.97 Å². The summed E-state index contributed by atoms with van der Waals surface area (Å²) in [5.41, 5.74) is 1.13. The molecule has 1 fully saturated rings. The Balaban J connectivity index is 2.43. The van der Waals surface area contributed by atoms with Crippen LogP contribution in [0.2, 0.25) is 0 Å². The van der Waals surface area contributed by atoms with Crippen LogP contribution in [0.15, 0.2) is 12.4 Å². The van der Waals surface area contributed by atoms with Crippen molar-refractivity contribution in [3.8, 4) is 0 Å². The lowest BCUT2D eigenvalue weighted by atomic mass is 10.1. The number of rotatable bonds is 2. The van der Waals surface area contributed by atoms with Crippen molar-refractivity contribution in [2.75, 3.05) is 0 Å². The number of aromatic nitrogens is 2. The molecule has 0 amide bonds. The van der Waals surface area contributed by atoms with Crippen LogP contribution in [-0.2, 0) is 0 Å². The first-order valence-electron chi connectivity index (χ1n) is 3.83. The van der Waals surface area contributed by atoms with E-state index in [-0.39, 0.29) is 0 Å².